The van der Waals surface area contributed by atoms with Crippen LogP contribution < -0.4 is 11.1 Å². The number of aryl methyl sites for hydroxylation is 2. The van der Waals surface area contributed by atoms with Gasteiger partial charge in [-0.3, -0.25) is 4.79 Å². The van der Waals surface area contributed by atoms with Gasteiger partial charge in [-0.25, -0.2) is 4.98 Å². The second-order valence-corrected chi connectivity index (χ2v) is 6.60. The molecule has 0 radical (unpaired) electrons. The lowest BCUT2D eigenvalue weighted by Gasteiger charge is -2.27. The zero-order valence-electron chi connectivity index (χ0n) is 13.5. The molecule has 1 amide bonds. The van der Waals surface area contributed by atoms with E-state index in [1.165, 1.54) is 0 Å². The van der Waals surface area contributed by atoms with Crippen LogP contribution in [0.5, 0.6) is 0 Å². The average Bonchev–Trinajstić information content (AvgIpc) is 2.75. The molecule has 0 saturated carbocycles. The van der Waals surface area contributed by atoms with Crippen molar-refractivity contribution in [2.45, 2.75) is 64.1 Å². The van der Waals surface area contributed by atoms with Crippen LogP contribution in [-0.2, 0) is 4.79 Å². The summed E-state index contributed by atoms with van der Waals surface area (Å²) in [5, 5.41) is 3.98. The predicted molar refractivity (Wildman–Crippen MR) is 86.4 cm³/mol. The predicted octanol–water partition coefficient (Wildman–Crippen LogP) is 2.80. The number of amides is 1. The van der Waals surface area contributed by atoms with Crippen LogP contribution in [0.1, 0.15) is 51.0 Å². The van der Waals surface area contributed by atoms with Crippen molar-refractivity contribution in [3.63, 3.8) is 0 Å². The first-order valence-electron chi connectivity index (χ1n) is 7.51. The summed E-state index contributed by atoms with van der Waals surface area (Å²) in [5.74, 6) is 1.53. The Labute approximate surface area is 131 Å². The molecule has 21 heavy (non-hydrogen) atoms. The summed E-state index contributed by atoms with van der Waals surface area (Å²) in [5.41, 5.74) is 5.85. The van der Waals surface area contributed by atoms with E-state index in [-0.39, 0.29) is 5.91 Å². The Balaban J connectivity index is 2.29. The highest BCUT2D eigenvalue weighted by molar-refractivity contribution is 7.99. The minimum absolute atomic E-state index is 0.275. The van der Waals surface area contributed by atoms with Gasteiger partial charge in [0.2, 0.25) is 5.91 Å². The number of aromatic nitrogens is 1. The Morgan fingerprint density at radius 3 is 2.67 bits per heavy atom. The van der Waals surface area contributed by atoms with Gasteiger partial charge in [-0.05, 0) is 46.6 Å². The topological polar surface area (TPSA) is 81.2 Å². The zero-order valence-corrected chi connectivity index (χ0v) is 14.3. The van der Waals surface area contributed by atoms with E-state index in [4.69, 9.17) is 10.2 Å². The molecule has 1 unspecified atom stereocenters. The molecule has 0 aliphatic rings. The molecule has 3 N–H and O–H groups in total. The molecule has 0 aliphatic carbocycles. The number of hydrogen-bond acceptors (Lipinski definition) is 5. The standard InChI is InChI=1S/C15H27N3O2S/c1-5-9-17-15(4,13(16)19)8-6-7-10-21-14-18-11(2)12(3)20-14/h17H,5-10H2,1-4H3,(H2,16,19). The van der Waals surface area contributed by atoms with Crippen molar-refractivity contribution in [1.29, 1.82) is 0 Å². The minimum atomic E-state index is -0.600. The molecule has 0 aromatic carbocycles. The summed E-state index contributed by atoms with van der Waals surface area (Å²) in [4.78, 5) is 15.9. The van der Waals surface area contributed by atoms with Crippen LogP contribution in [-0.4, -0.2) is 28.7 Å². The van der Waals surface area contributed by atoms with Crippen LogP contribution in [0.4, 0.5) is 0 Å². The summed E-state index contributed by atoms with van der Waals surface area (Å²) in [6.45, 7) is 8.64. The van der Waals surface area contributed by atoms with Crippen LogP contribution in [0.2, 0.25) is 0 Å². The molecule has 5 nitrogen and oxygen atoms in total. The highest BCUT2D eigenvalue weighted by Crippen LogP contribution is 2.22. The van der Waals surface area contributed by atoms with E-state index in [1.807, 2.05) is 20.8 Å². The Morgan fingerprint density at radius 1 is 1.43 bits per heavy atom. The van der Waals surface area contributed by atoms with Crippen LogP contribution in [0.25, 0.3) is 0 Å². The van der Waals surface area contributed by atoms with E-state index >= 15 is 0 Å². The maximum Gasteiger partial charge on any atom is 0.256 e. The molecule has 0 fully saturated rings. The molecule has 0 aliphatic heterocycles. The van der Waals surface area contributed by atoms with E-state index in [1.54, 1.807) is 11.8 Å². The van der Waals surface area contributed by atoms with Crippen LogP contribution in [0, 0.1) is 13.8 Å². The van der Waals surface area contributed by atoms with Gasteiger partial charge in [0.05, 0.1) is 11.2 Å². The molecule has 0 saturated heterocycles. The Bertz CT molecular complexity index is 442. The molecule has 1 aromatic rings. The van der Waals surface area contributed by atoms with E-state index in [2.05, 4.69) is 17.2 Å². The van der Waals surface area contributed by atoms with Gasteiger partial charge in [-0.1, -0.05) is 25.1 Å². The summed E-state index contributed by atoms with van der Waals surface area (Å²) in [6.07, 6.45) is 3.69. The van der Waals surface area contributed by atoms with Crippen LogP contribution in [0.15, 0.2) is 9.64 Å². The number of nitrogens with two attached hydrogens (primary N) is 1. The number of hydrogen-bond donors (Lipinski definition) is 2. The fourth-order valence-electron chi connectivity index (χ4n) is 1.94. The molecule has 0 spiro atoms. The van der Waals surface area contributed by atoms with Gasteiger partial charge in [0, 0.05) is 5.75 Å². The van der Waals surface area contributed by atoms with Gasteiger partial charge in [0.1, 0.15) is 5.76 Å². The average molecular weight is 313 g/mol. The Morgan fingerprint density at radius 2 is 2.14 bits per heavy atom. The maximum absolute atomic E-state index is 11.6. The van der Waals surface area contributed by atoms with Crippen molar-refractivity contribution >= 4 is 17.7 Å². The van der Waals surface area contributed by atoms with Gasteiger partial charge < -0.3 is 15.5 Å². The highest BCUT2D eigenvalue weighted by Gasteiger charge is 2.29. The van der Waals surface area contributed by atoms with Gasteiger partial charge in [-0.15, -0.1) is 0 Å². The molecule has 6 heteroatoms. The number of primary amides is 1. The van der Waals surface area contributed by atoms with Crippen molar-refractivity contribution < 1.29 is 9.21 Å². The molecule has 1 atom stereocenters. The second-order valence-electron chi connectivity index (χ2n) is 5.55. The number of unbranched alkanes of at least 4 members (excludes halogenated alkanes) is 1. The number of carbonyl (C=O) groups is 1. The Kier molecular flexibility index (Phi) is 7.25. The zero-order chi connectivity index (χ0) is 15.9. The third-order valence-corrected chi connectivity index (χ3v) is 4.53. The first kappa shape index (κ1) is 18.0. The molecular formula is C15H27N3O2S. The van der Waals surface area contributed by atoms with Crippen LogP contribution in [0.3, 0.4) is 0 Å². The second kappa shape index (κ2) is 8.44. The number of nitrogens with zero attached hydrogens (tertiary/aromatic N) is 1. The quantitative estimate of drug-likeness (QED) is 0.513. The van der Waals surface area contributed by atoms with E-state index < -0.39 is 5.54 Å². The normalized spacial score (nSPS) is 14.1. The van der Waals surface area contributed by atoms with Crippen molar-refractivity contribution in [1.82, 2.24) is 10.3 Å². The molecule has 120 valence electrons. The van der Waals surface area contributed by atoms with Crippen molar-refractivity contribution in [2.24, 2.45) is 5.73 Å². The largest absolute Gasteiger partial charge is 0.437 e. The Hall–Kier alpha value is -1.01. The third-order valence-electron chi connectivity index (χ3n) is 3.61. The molecule has 0 bridgehead atoms. The van der Waals surface area contributed by atoms with Crippen molar-refractivity contribution in [2.75, 3.05) is 12.3 Å². The number of rotatable bonds is 10. The summed E-state index contributed by atoms with van der Waals surface area (Å²) in [6, 6.07) is 0. The number of thioether (sulfide) groups is 1. The molecular weight excluding hydrogens is 286 g/mol. The summed E-state index contributed by atoms with van der Waals surface area (Å²) >= 11 is 1.62. The van der Waals surface area contributed by atoms with Crippen molar-refractivity contribution in [3.05, 3.63) is 11.5 Å². The smallest absolute Gasteiger partial charge is 0.256 e. The lowest BCUT2D eigenvalue weighted by molar-refractivity contribution is -0.124. The maximum atomic E-state index is 11.6. The van der Waals surface area contributed by atoms with Gasteiger partial charge in [-0.2, -0.15) is 0 Å². The fourth-order valence-corrected chi connectivity index (χ4v) is 2.85. The molecule has 1 heterocycles. The van der Waals surface area contributed by atoms with E-state index in [0.29, 0.717) is 0 Å². The number of nitrogens with one attached hydrogen (secondary N) is 1. The lowest BCUT2D eigenvalue weighted by atomic mass is 9.94. The SMILES string of the molecule is CCCNC(C)(CCCCSc1nc(C)c(C)o1)C(N)=O. The first-order chi connectivity index (χ1) is 9.89. The minimum Gasteiger partial charge on any atom is -0.437 e. The fraction of sp³-hybridized carbons (Fsp3) is 0.733. The van der Waals surface area contributed by atoms with Gasteiger partial charge in [0.15, 0.2) is 0 Å². The van der Waals surface area contributed by atoms with Crippen molar-refractivity contribution in [3.8, 4) is 0 Å². The summed E-state index contributed by atoms with van der Waals surface area (Å²) < 4.78 is 5.52. The highest BCUT2D eigenvalue weighted by atomic mass is 32.2. The number of carbonyl (C=O) groups excluding carboxylic acids is 1. The van der Waals surface area contributed by atoms with E-state index in [9.17, 15) is 4.79 Å². The van der Waals surface area contributed by atoms with Gasteiger partial charge in [0.25, 0.3) is 5.22 Å². The molecule has 1 rings (SSSR count). The summed E-state index contributed by atoms with van der Waals surface area (Å²) in [7, 11) is 0. The first-order valence-corrected chi connectivity index (χ1v) is 8.49. The molecule has 1 aromatic heterocycles. The third kappa shape index (κ3) is 5.71. The lowest BCUT2D eigenvalue weighted by Crippen LogP contribution is -2.53. The number of oxazole rings is 1. The monoisotopic (exact) mass is 313 g/mol. The van der Waals surface area contributed by atoms with Crippen LogP contribution >= 0.6 is 11.8 Å². The van der Waals surface area contributed by atoms with E-state index in [0.717, 1.165) is 54.7 Å². The van der Waals surface area contributed by atoms with Gasteiger partial charge >= 0.3 is 0 Å².